The summed E-state index contributed by atoms with van der Waals surface area (Å²) in [6.45, 7) is 1.78. The van der Waals surface area contributed by atoms with Crippen molar-refractivity contribution in [3.8, 4) is 0 Å². The van der Waals surface area contributed by atoms with Crippen LogP contribution in [0.3, 0.4) is 0 Å². The van der Waals surface area contributed by atoms with Gasteiger partial charge in [0.1, 0.15) is 11.0 Å². The predicted molar refractivity (Wildman–Crippen MR) is 91.7 cm³/mol. The number of oxazole rings is 2. The molecule has 0 bridgehead atoms. The molecule has 2 aromatic carbocycles. The summed E-state index contributed by atoms with van der Waals surface area (Å²) in [7, 11) is 1.37. The van der Waals surface area contributed by atoms with Crippen molar-refractivity contribution in [3.05, 3.63) is 48.0 Å². The second-order valence-corrected chi connectivity index (χ2v) is 5.60. The van der Waals surface area contributed by atoms with E-state index in [1.165, 1.54) is 7.11 Å². The number of para-hydroxylation sites is 2. The number of esters is 1. The summed E-state index contributed by atoms with van der Waals surface area (Å²) in [4.78, 5) is 20.4. The molecule has 4 aromatic rings. The van der Waals surface area contributed by atoms with Crippen molar-refractivity contribution in [2.24, 2.45) is 0 Å². The second kappa shape index (κ2) is 5.94. The molecule has 0 amide bonds. The minimum Gasteiger partial charge on any atom is -0.469 e. The van der Waals surface area contributed by atoms with Gasteiger partial charge in [-0.15, -0.1) is 0 Å². The van der Waals surface area contributed by atoms with Gasteiger partial charge in [-0.2, -0.15) is 9.97 Å². The number of methoxy groups -OCH3 is 1. The van der Waals surface area contributed by atoms with Crippen molar-refractivity contribution in [1.82, 2.24) is 9.97 Å². The number of hydrogen-bond donors (Lipinski definition) is 1. The van der Waals surface area contributed by atoms with Crippen molar-refractivity contribution >= 4 is 40.2 Å². The van der Waals surface area contributed by atoms with Crippen LogP contribution in [0, 0.1) is 0 Å². The Morgan fingerprint density at radius 2 is 1.72 bits per heavy atom. The van der Waals surface area contributed by atoms with Gasteiger partial charge < -0.3 is 13.6 Å². The lowest BCUT2D eigenvalue weighted by atomic mass is 10.0. The van der Waals surface area contributed by atoms with Crippen LogP contribution in [-0.4, -0.2) is 23.0 Å². The van der Waals surface area contributed by atoms with E-state index in [0.29, 0.717) is 22.7 Å². The highest BCUT2D eigenvalue weighted by Gasteiger charge is 2.17. The Morgan fingerprint density at radius 3 is 2.44 bits per heavy atom. The van der Waals surface area contributed by atoms with Crippen molar-refractivity contribution < 1.29 is 18.4 Å². The molecule has 2 heterocycles. The van der Waals surface area contributed by atoms with Gasteiger partial charge >= 0.3 is 18.0 Å². The number of anilines is 2. The minimum absolute atomic E-state index is 0.268. The molecule has 1 N–H and O–H groups in total. The molecular formula is C18H15N3O4. The molecule has 2 aromatic heterocycles. The fraction of sp³-hybridized carbons (Fsp3) is 0.167. The lowest BCUT2D eigenvalue weighted by Crippen LogP contribution is -2.10. The standard InChI is InChI=1S/C18H15N3O4/c1-10(16(22)23-2)11-7-8-15-13(9-11)20-18(25-15)21-17-19-12-5-3-4-6-14(12)24-17/h3-10H,1-2H3,(H,19,20,21). The van der Waals surface area contributed by atoms with Crippen LogP contribution in [0.4, 0.5) is 12.0 Å². The average molecular weight is 337 g/mol. The summed E-state index contributed by atoms with van der Waals surface area (Å²) in [6.07, 6.45) is 0. The van der Waals surface area contributed by atoms with E-state index in [9.17, 15) is 4.79 Å². The first-order valence-electron chi connectivity index (χ1n) is 7.75. The van der Waals surface area contributed by atoms with Gasteiger partial charge in [-0.25, -0.2) is 0 Å². The van der Waals surface area contributed by atoms with E-state index >= 15 is 0 Å². The third-order valence-electron chi connectivity index (χ3n) is 3.97. The van der Waals surface area contributed by atoms with Gasteiger partial charge in [0.25, 0.3) is 0 Å². The van der Waals surface area contributed by atoms with Crippen LogP contribution < -0.4 is 5.32 Å². The first-order chi connectivity index (χ1) is 12.1. The molecule has 0 aliphatic heterocycles. The Labute approximate surface area is 142 Å². The number of rotatable bonds is 4. The maximum absolute atomic E-state index is 11.7. The molecule has 0 saturated carbocycles. The fourth-order valence-corrected chi connectivity index (χ4v) is 2.60. The van der Waals surface area contributed by atoms with Crippen LogP contribution >= 0.6 is 0 Å². The summed E-state index contributed by atoms with van der Waals surface area (Å²) in [5.41, 5.74) is 3.46. The van der Waals surface area contributed by atoms with Gasteiger partial charge in [0.2, 0.25) is 0 Å². The summed E-state index contributed by atoms with van der Waals surface area (Å²) in [6, 6.07) is 13.4. The maximum atomic E-state index is 11.7. The molecule has 0 fully saturated rings. The van der Waals surface area contributed by atoms with Crippen molar-refractivity contribution in [1.29, 1.82) is 0 Å². The number of hydrogen-bond acceptors (Lipinski definition) is 7. The third kappa shape index (κ3) is 2.80. The molecule has 0 aliphatic rings. The fourth-order valence-electron chi connectivity index (χ4n) is 2.60. The monoisotopic (exact) mass is 337 g/mol. The molecule has 7 nitrogen and oxygen atoms in total. The molecule has 1 unspecified atom stereocenters. The molecule has 7 heteroatoms. The Hall–Kier alpha value is -3.35. The lowest BCUT2D eigenvalue weighted by Gasteiger charge is -2.08. The van der Waals surface area contributed by atoms with E-state index in [-0.39, 0.29) is 17.9 Å². The van der Waals surface area contributed by atoms with Crippen LogP contribution in [0.15, 0.2) is 51.3 Å². The molecule has 0 radical (unpaired) electrons. The molecule has 126 valence electrons. The average Bonchev–Trinajstić information content (AvgIpc) is 3.22. The highest BCUT2D eigenvalue weighted by molar-refractivity contribution is 5.82. The molecule has 25 heavy (non-hydrogen) atoms. The van der Waals surface area contributed by atoms with E-state index in [1.54, 1.807) is 19.1 Å². The van der Waals surface area contributed by atoms with Gasteiger partial charge in [-0.1, -0.05) is 18.2 Å². The SMILES string of the molecule is COC(=O)C(C)c1ccc2oc(Nc3nc4ccccc4o3)nc2c1. The molecule has 1 atom stereocenters. The number of carbonyl (C=O) groups is 1. The van der Waals surface area contributed by atoms with Crippen molar-refractivity contribution in [2.45, 2.75) is 12.8 Å². The summed E-state index contributed by atoms with van der Waals surface area (Å²) in [5.74, 6) is -0.674. The van der Waals surface area contributed by atoms with E-state index in [1.807, 2.05) is 30.3 Å². The van der Waals surface area contributed by atoms with E-state index in [4.69, 9.17) is 13.6 Å². The van der Waals surface area contributed by atoms with Crippen molar-refractivity contribution in [3.63, 3.8) is 0 Å². The summed E-state index contributed by atoms with van der Waals surface area (Å²) < 4.78 is 16.0. The normalized spacial score (nSPS) is 12.4. The Kier molecular flexibility index (Phi) is 3.61. The van der Waals surface area contributed by atoms with Gasteiger partial charge in [0.15, 0.2) is 11.2 Å². The van der Waals surface area contributed by atoms with E-state index < -0.39 is 0 Å². The van der Waals surface area contributed by atoms with E-state index in [2.05, 4.69) is 15.3 Å². The summed E-state index contributed by atoms with van der Waals surface area (Å²) >= 11 is 0. The molecule has 0 spiro atoms. The number of ether oxygens (including phenoxy) is 1. The number of nitrogens with zero attached hydrogens (tertiary/aromatic N) is 2. The van der Waals surface area contributed by atoms with Crippen molar-refractivity contribution in [2.75, 3.05) is 12.4 Å². The van der Waals surface area contributed by atoms with E-state index in [0.717, 1.165) is 11.1 Å². The molecular weight excluding hydrogens is 322 g/mol. The second-order valence-electron chi connectivity index (χ2n) is 5.60. The van der Waals surface area contributed by atoms with Crippen LogP contribution in [-0.2, 0) is 9.53 Å². The van der Waals surface area contributed by atoms with Crippen LogP contribution in [0.1, 0.15) is 18.4 Å². The zero-order valence-electron chi connectivity index (χ0n) is 13.6. The first-order valence-corrected chi connectivity index (χ1v) is 7.75. The summed E-state index contributed by atoms with van der Waals surface area (Å²) in [5, 5.41) is 2.92. The zero-order valence-corrected chi connectivity index (χ0v) is 13.6. The van der Waals surface area contributed by atoms with Crippen LogP contribution in [0.25, 0.3) is 22.2 Å². The molecule has 0 aliphatic carbocycles. The van der Waals surface area contributed by atoms with Gasteiger partial charge in [-0.3, -0.25) is 10.1 Å². The quantitative estimate of drug-likeness (QED) is 0.563. The molecule has 4 rings (SSSR count). The smallest absolute Gasteiger partial charge is 0.312 e. The maximum Gasteiger partial charge on any atom is 0.312 e. The Bertz CT molecular complexity index is 1030. The Morgan fingerprint density at radius 1 is 1.04 bits per heavy atom. The lowest BCUT2D eigenvalue weighted by molar-refractivity contribution is -0.141. The van der Waals surface area contributed by atoms with Gasteiger partial charge in [0, 0.05) is 0 Å². The zero-order chi connectivity index (χ0) is 17.4. The first kappa shape index (κ1) is 15.2. The molecule has 0 saturated heterocycles. The number of benzene rings is 2. The van der Waals surface area contributed by atoms with Crippen LogP contribution in [0.5, 0.6) is 0 Å². The number of carbonyl (C=O) groups excluding carboxylic acids is 1. The number of fused-ring (bicyclic) bond motifs is 2. The highest BCUT2D eigenvalue weighted by Crippen LogP contribution is 2.27. The van der Waals surface area contributed by atoms with Gasteiger partial charge in [0.05, 0.1) is 13.0 Å². The minimum atomic E-state index is -0.375. The topological polar surface area (TPSA) is 90.4 Å². The van der Waals surface area contributed by atoms with Crippen LogP contribution in [0.2, 0.25) is 0 Å². The highest BCUT2D eigenvalue weighted by atomic mass is 16.5. The Balaban J connectivity index is 1.63. The third-order valence-corrected chi connectivity index (χ3v) is 3.97. The predicted octanol–water partition coefficient (Wildman–Crippen LogP) is 3.99. The number of nitrogens with one attached hydrogen (secondary N) is 1. The van der Waals surface area contributed by atoms with Gasteiger partial charge in [-0.05, 0) is 36.8 Å². The largest absolute Gasteiger partial charge is 0.469 e. The number of aromatic nitrogens is 2.